The number of carbonyl (C=O) groups is 2. The van der Waals surface area contributed by atoms with Crippen molar-refractivity contribution in [2.45, 2.75) is 82.8 Å². The van der Waals surface area contributed by atoms with Gasteiger partial charge < -0.3 is 9.84 Å². The van der Waals surface area contributed by atoms with Crippen molar-refractivity contribution in [1.82, 2.24) is 0 Å². The highest BCUT2D eigenvalue weighted by atomic mass is 16.5. The Bertz CT molecular complexity index is 972. The average molecular weight is 435 g/mol. The Kier molecular flexibility index (Phi) is 6.52. The number of fused-ring (bicyclic) bond motifs is 1. The zero-order chi connectivity index (χ0) is 22.8. The lowest BCUT2D eigenvalue weighted by Gasteiger charge is -2.38. The van der Waals surface area contributed by atoms with Crippen LogP contribution < -0.4 is 0 Å². The van der Waals surface area contributed by atoms with Gasteiger partial charge in [0.2, 0.25) is 0 Å². The SMILES string of the molecule is CC(C)(CC(O)(CC1CCCCC1)C(=O)Cc1ccc2c(c1)COC2=O)c1ccccc1. The fourth-order valence-corrected chi connectivity index (χ4v) is 5.52. The third kappa shape index (κ3) is 4.96. The monoisotopic (exact) mass is 434 g/mol. The average Bonchev–Trinajstić information content (AvgIpc) is 3.14. The van der Waals surface area contributed by atoms with Gasteiger partial charge in [-0.05, 0) is 41.4 Å². The molecule has 2 aromatic carbocycles. The first-order chi connectivity index (χ1) is 15.3. The van der Waals surface area contributed by atoms with Crippen LogP contribution in [0.3, 0.4) is 0 Å². The van der Waals surface area contributed by atoms with Gasteiger partial charge in [0, 0.05) is 12.0 Å². The second-order valence-electron chi connectivity index (χ2n) is 10.3. The maximum absolute atomic E-state index is 13.6. The molecular formula is C28H34O4. The van der Waals surface area contributed by atoms with Gasteiger partial charge in [-0.2, -0.15) is 0 Å². The first-order valence-corrected chi connectivity index (χ1v) is 11.9. The standard InChI is InChI=1S/C28H34O4/c1-27(2,23-11-7-4-8-12-23)19-28(31,17-20-9-5-3-6-10-20)25(29)16-21-13-14-24-22(15-21)18-32-26(24)30/h4,7-8,11-15,20,31H,3,5-6,9-10,16-19H2,1-2H3. The Labute approximate surface area is 191 Å². The van der Waals surface area contributed by atoms with Gasteiger partial charge in [-0.3, -0.25) is 4.79 Å². The largest absolute Gasteiger partial charge is 0.457 e. The lowest BCUT2D eigenvalue weighted by molar-refractivity contribution is -0.141. The molecule has 1 heterocycles. The first-order valence-electron chi connectivity index (χ1n) is 11.9. The number of rotatable bonds is 8. The van der Waals surface area contributed by atoms with Crippen LogP contribution in [0.25, 0.3) is 0 Å². The van der Waals surface area contributed by atoms with Crippen molar-refractivity contribution in [2.24, 2.45) is 5.92 Å². The maximum Gasteiger partial charge on any atom is 0.338 e. The molecule has 2 aromatic rings. The molecule has 1 fully saturated rings. The Morgan fingerprint density at radius 3 is 2.50 bits per heavy atom. The molecule has 170 valence electrons. The summed E-state index contributed by atoms with van der Waals surface area (Å²) in [5, 5.41) is 11.9. The van der Waals surface area contributed by atoms with Crippen LogP contribution in [0.1, 0.15) is 85.8 Å². The Morgan fingerprint density at radius 2 is 1.78 bits per heavy atom. The molecule has 0 radical (unpaired) electrons. The number of aliphatic hydroxyl groups is 1. The van der Waals surface area contributed by atoms with Gasteiger partial charge in [0.05, 0.1) is 5.56 Å². The van der Waals surface area contributed by atoms with Crippen LogP contribution in [0.4, 0.5) is 0 Å². The number of hydrogen-bond acceptors (Lipinski definition) is 4. The van der Waals surface area contributed by atoms with Gasteiger partial charge >= 0.3 is 5.97 Å². The molecule has 1 unspecified atom stereocenters. The molecule has 32 heavy (non-hydrogen) atoms. The van der Waals surface area contributed by atoms with Gasteiger partial charge in [0.15, 0.2) is 5.78 Å². The predicted octanol–water partition coefficient (Wildman–Crippen LogP) is 5.54. The van der Waals surface area contributed by atoms with E-state index in [0.29, 0.717) is 24.3 Å². The van der Waals surface area contributed by atoms with Crippen molar-refractivity contribution in [1.29, 1.82) is 0 Å². The molecule has 1 aliphatic carbocycles. The summed E-state index contributed by atoms with van der Waals surface area (Å²) in [6, 6.07) is 15.6. The predicted molar refractivity (Wildman–Crippen MR) is 124 cm³/mol. The summed E-state index contributed by atoms with van der Waals surface area (Å²) >= 11 is 0. The zero-order valence-corrected chi connectivity index (χ0v) is 19.2. The number of cyclic esters (lactones) is 1. The number of carbonyl (C=O) groups excluding carboxylic acids is 2. The molecule has 4 heteroatoms. The third-order valence-corrected chi connectivity index (χ3v) is 7.27. The second kappa shape index (κ2) is 9.19. The van der Waals surface area contributed by atoms with E-state index in [-0.39, 0.29) is 30.2 Å². The highest BCUT2D eigenvalue weighted by Crippen LogP contribution is 2.39. The Morgan fingerprint density at radius 1 is 1.06 bits per heavy atom. The molecule has 1 N–H and O–H groups in total. The molecule has 0 saturated heterocycles. The van der Waals surface area contributed by atoms with Crippen LogP contribution in [0, 0.1) is 5.92 Å². The summed E-state index contributed by atoms with van der Waals surface area (Å²) < 4.78 is 5.09. The number of esters is 1. The summed E-state index contributed by atoms with van der Waals surface area (Å²) in [4.78, 5) is 25.4. The third-order valence-electron chi connectivity index (χ3n) is 7.27. The zero-order valence-electron chi connectivity index (χ0n) is 19.2. The molecule has 0 amide bonds. The van der Waals surface area contributed by atoms with Crippen molar-refractivity contribution in [2.75, 3.05) is 0 Å². The maximum atomic E-state index is 13.6. The molecular weight excluding hydrogens is 400 g/mol. The molecule has 1 aliphatic heterocycles. The Hall–Kier alpha value is -2.46. The lowest BCUT2D eigenvalue weighted by Crippen LogP contribution is -2.46. The van der Waals surface area contributed by atoms with Crippen molar-refractivity contribution in [3.63, 3.8) is 0 Å². The van der Waals surface area contributed by atoms with Gasteiger partial charge in [-0.1, -0.05) is 88.4 Å². The molecule has 4 nitrogen and oxygen atoms in total. The van der Waals surface area contributed by atoms with Crippen LogP contribution >= 0.6 is 0 Å². The van der Waals surface area contributed by atoms with Gasteiger partial charge in [0.25, 0.3) is 0 Å². The quantitative estimate of drug-likeness (QED) is 0.554. The number of ether oxygens (including phenoxy) is 1. The smallest absolute Gasteiger partial charge is 0.338 e. The molecule has 1 saturated carbocycles. The van der Waals surface area contributed by atoms with Crippen molar-refractivity contribution in [3.8, 4) is 0 Å². The van der Waals surface area contributed by atoms with E-state index in [1.165, 1.54) is 19.3 Å². The van der Waals surface area contributed by atoms with E-state index >= 15 is 0 Å². The second-order valence-corrected chi connectivity index (χ2v) is 10.3. The van der Waals surface area contributed by atoms with E-state index in [1.807, 2.05) is 30.3 Å². The van der Waals surface area contributed by atoms with E-state index in [4.69, 9.17) is 4.74 Å². The lowest BCUT2D eigenvalue weighted by atomic mass is 9.69. The summed E-state index contributed by atoms with van der Waals surface area (Å²) in [6.07, 6.45) is 6.84. The molecule has 1 atom stereocenters. The van der Waals surface area contributed by atoms with Crippen molar-refractivity contribution in [3.05, 3.63) is 70.8 Å². The minimum Gasteiger partial charge on any atom is -0.457 e. The van der Waals surface area contributed by atoms with E-state index in [9.17, 15) is 14.7 Å². The Balaban J connectivity index is 1.57. The number of Topliss-reactive ketones (excluding diaryl/α,β-unsaturated/α-hetero) is 1. The first kappa shape index (κ1) is 22.7. The molecule has 2 aliphatic rings. The van der Waals surface area contributed by atoms with Crippen LogP contribution in [0.15, 0.2) is 48.5 Å². The van der Waals surface area contributed by atoms with E-state index in [2.05, 4.69) is 26.0 Å². The van der Waals surface area contributed by atoms with E-state index < -0.39 is 5.60 Å². The summed E-state index contributed by atoms with van der Waals surface area (Å²) in [6.45, 7) is 4.48. The van der Waals surface area contributed by atoms with Crippen molar-refractivity contribution < 1.29 is 19.4 Å². The summed E-state index contributed by atoms with van der Waals surface area (Å²) in [7, 11) is 0. The minimum atomic E-state index is -1.38. The fraction of sp³-hybridized carbons (Fsp3) is 0.500. The topological polar surface area (TPSA) is 63.6 Å². The van der Waals surface area contributed by atoms with Gasteiger partial charge in [-0.25, -0.2) is 4.79 Å². The molecule has 0 aromatic heterocycles. The molecule has 0 spiro atoms. The van der Waals surface area contributed by atoms with Crippen LogP contribution in [-0.2, 0) is 28.0 Å². The number of ketones is 1. The summed E-state index contributed by atoms with van der Waals surface area (Å²) in [5.41, 5.74) is 1.63. The van der Waals surface area contributed by atoms with Crippen LogP contribution in [-0.4, -0.2) is 22.5 Å². The van der Waals surface area contributed by atoms with Gasteiger partial charge in [-0.15, -0.1) is 0 Å². The number of benzene rings is 2. The van der Waals surface area contributed by atoms with Crippen molar-refractivity contribution >= 4 is 11.8 Å². The molecule has 4 rings (SSSR count). The molecule has 0 bridgehead atoms. The van der Waals surface area contributed by atoms with E-state index in [0.717, 1.165) is 29.5 Å². The van der Waals surface area contributed by atoms with E-state index in [1.54, 1.807) is 6.07 Å². The minimum absolute atomic E-state index is 0.128. The van der Waals surface area contributed by atoms with Gasteiger partial charge in [0.1, 0.15) is 12.2 Å². The highest BCUT2D eigenvalue weighted by molar-refractivity contribution is 5.94. The fourth-order valence-electron chi connectivity index (χ4n) is 5.52. The van der Waals surface area contributed by atoms with Crippen LogP contribution in [0.2, 0.25) is 0 Å². The highest BCUT2D eigenvalue weighted by Gasteiger charge is 2.43. The summed E-state index contributed by atoms with van der Waals surface area (Å²) in [5.74, 6) is -0.0520. The van der Waals surface area contributed by atoms with Crippen LogP contribution in [0.5, 0.6) is 0 Å². The number of hydrogen-bond donors (Lipinski definition) is 1. The normalized spacial score (nSPS) is 18.7.